The van der Waals surface area contributed by atoms with E-state index in [2.05, 4.69) is 14.8 Å². The lowest BCUT2D eigenvalue weighted by molar-refractivity contribution is -0.131. The molecule has 1 aromatic carbocycles. The number of hydrogen-bond acceptors (Lipinski definition) is 3. The van der Waals surface area contributed by atoms with Crippen LogP contribution in [0.5, 0.6) is 0 Å². The van der Waals surface area contributed by atoms with Crippen molar-refractivity contribution in [2.75, 3.05) is 13.1 Å². The number of halogens is 1. The Hall–Kier alpha value is -2.24. The zero-order valence-electron chi connectivity index (χ0n) is 14.5. The molecule has 25 heavy (non-hydrogen) atoms. The summed E-state index contributed by atoms with van der Waals surface area (Å²) >= 11 is 0. The van der Waals surface area contributed by atoms with E-state index in [4.69, 9.17) is 0 Å². The molecule has 0 N–H and O–H groups in total. The molecule has 1 fully saturated rings. The molecule has 0 saturated carbocycles. The van der Waals surface area contributed by atoms with Crippen LogP contribution in [-0.2, 0) is 24.2 Å². The second-order valence-corrected chi connectivity index (χ2v) is 7.16. The standard InChI is InChI=1S/C19H23FN4O/c1-13-4-5-16(20)15(11-13)12-18(25)23-9-6-14(7-10-23)19-22-21-17-3-2-8-24(17)19/h4-5,11,14H,2-3,6-10,12H2,1H3. The number of likely N-dealkylation sites (tertiary alicyclic amines) is 1. The van der Waals surface area contributed by atoms with E-state index < -0.39 is 0 Å². The van der Waals surface area contributed by atoms with Gasteiger partial charge in [-0.05, 0) is 37.8 Å². The van der Waals surface area contributed by atoms with Gasteiger partial charge in [-0.2, -0.15) is 0 Å². The van der Waals surface area contributed by atoms with Crippen molar-refractivity contribution >= 4 is 5.91 Å². The molecular formula is C19H23FN4O. The predicted octanol–water partition coefficient (Wildman–Crippen LogP) is 2.62. The van der Waals surface area contributed by atoms with Gasteiger partial charge in [0.1, 0.15) is 17.5 Å². The van der Waals surface area contributed by atoms with Crippen LogP contribution in [0.2, 0.25) is 0 Å². The predicted molar refractivity (Wildman–Crippen MR) is 91.7 cm³/mol. The molecule has 1 amide bonds. The summed E-state index contributed by atoms with van der Waals surface area (Å²) in [5.74, 6) is 2.27. The van der Waals surface area contributed by atoms with Crippen LogP contribution < -0.4 is 0 Å². The fourth-order valence-electron chi connectivity index (χ4n) is 3.98. The van der Waals surface area contributed by atoms with Crippen LogP contribution >= 0.6 is 0 Å². The summed E-state index contributed by atoms with van der Waals surface area (Å²) in [7, 11) is 0. The quantitative estimate of drug-likeness (QED) is 0.862. The SMILES string of the molecule is Cc1ccc(F)c(CC(=O)N2CCC(c3nnc4n3CCC4)CC2)c1. The average molecular weight is 342 g/mol. The summed E-state index contributed by atoms with van der Waals surface area (Å²) in [4.78, 5) is 14.4. The fraction of sp³-hybridized carbons (Fsp3) is 0.526. The molecule has 2 aliphatic heterocycles. The Labute approximate surface area is 146 Å². The molecule has 0 radical (unpaired) electrons. The maximum absolute atomic E-state index is 13.9. The first kappa shape index (κ1) is 16.2. The van der Waals surface area contributed by atoms with Gasteiger partial charge in [0.2, 0.25) is 5.91 Å². The van der Waals surface area contributed by atoms with E-state index in [1.807, 2.05) is 11.8 Å². The molecule has 0 unspecified atom stereocenters. The Morgan fingerprint density at radius 1 is 1.24 bits per heavy atom. The van der Waals surface area contributed by atoms with E-state index in [-0.39, 0.29) is 18.1 Å². The normalized spacial score (nSPS) is 17.8. The van der Waals surface area contributed by atoms with E-state index in [0.29, 0.717) is 24.6 Å². The molecule has 2 aromatic rings. The number of piperidine rings is 1. The van der Waals surface area contributed by atoms with Crippen molar-refractivity contribution in [1.82, 2.24) is 19.7 Å². The van der Waals surface area contributed by atoms with Gasteiger partial charge in [-0.15, -0.1) is 10.2 Å². The molecule has 4 rings (SSSR count). The second-order valence-electron chi connectivity index (χ2n) is 7.16. The molecule has 2 aliphatic rings. The summed E-state index contributed by atoms with van der Waals surface area (Å²) in [5.41, 5.74) is 1.46. The van der Waals surface area contributed by atoms with Crippen LogP contribution in [0.3, 0.4) is 0 Å². The molecular weight excluding hydrogens is 319 g/mol. The van der Waals surface area contributed by atoms with Crippen LogP contribution in [0.1, 0.15) is 48.0 Å². The number of aryl methyl sites for hydroxylation is 2. The van der Waals surface area contributed by atoms with E-state index in [9.17, 15) is 9.18 Å². The summed E-state index contributed by atoms with van der Waals surface area (Å²) in [6, 6.07) is 4.93. The highest BCUT2D eigenvalue weighted by Crippen LogP contribution is 2.29. The van der Waals surface area contributed by atoms with E-state index in [1.54, 1.807) is 12.1 Å². The fourth-order valence-corrected chi connectivity index (χ4v) is 3.98. The zero-order valence-corrected chi connectivity index (χ0v) is 14.5. The number of aromatic nitrogens is 3. The minimum atomic E-state index is -0.298. The second kappa shape index (κ2) is 6.58. The number of carbonyl (C=O) groups is 1. The first-order chi connectivity index (χ1) is 12.1. The van der Waals surface area contributed by atoms with Gasteiger partial charge in [-0.25, -0.2) is 4.39 Å². The third-order valence-electron chi connectivity index (χ3n) is 5.39. The highest BCUT2D eigenvalue weighted by Gasteiger charge is 2.29. The number of amides is 1. The van der Waals surface area contributed by atoms with Crippen LogP contribution in [0.15, 0.2) is 18.2 Å². The Morgan fingerprint density at radius 2 is 2.04 bits per heavy atom. The maximum Gasteiger partial charge on any atom is 0.227 e. The first-order valence-corrected chi connectivity index (χ1v) is 9.06. The van der Waals surface area contributed by atoms with Crippen molar-refractivity contribution < 1.29 is 9.18 Å². The lowest BCUT2D eigenvalue weighted by atomic mass is 9.95. The average Bonchev–Trinajstić information content (AvgIpc) is 3.22. The van der Waals surface area contributed by atoms with E-state index in [0.717, 1.165) is 49.4 Å². The smallest absolute Gasteiger partial charge is 0.227 e. The highest BCUT2D eigenvalue weighted by atomic mass is 19.1. The highest BCUT2D eigenvalue weighted by molar-refractivity contribution is 5.79. The summed E-state index contributed by atoms with van der Waals surface area (Å²) < 4.78 is 16.1. The van der Waals surface area contributed by atoms with Gasteiger partial charge in [-0.1, -0.05) is 17.7 Å². The van der Waals surface area contributed by atoms with Crippen molar-refractivity contribution in [3.05, 3.63) is 46.8 Å². The van der Waals surface area contributed by atoms with Crippen LogP contribution in [0, 0.1) is 12.7 Å². The summed E-state index contributed by atoms with van der Waals surface area (Å²) in [6.07, 6.45) is 4.11. The Morgan fingerprint density at radius 3 is 2.84 bits per heavy atom. The van der Waals surface area contributed by atoms with Gasteiger partial charge in [0, 0.05) is 32.0 Å². The molecule has 0 spiro atoms. The molecule has 1 saturated heterocycles. The number of hydrogen-bond donors (Lipinski definition) is 0. The van der Waals surface area contributed by atoms with Crippen molar-refractivity contribution in [1.29, 1.82) is 0 Å². The topological polar surface area (TPSA) is 51.0 Å². The van der Waals surface area contributed by atoms with E-state index in [1.165, 1.54) is 6.07 Å². The molecule has 5 nitrogen and oxygen atoms in total. The molecule has 6 heteroatoms. The molecule has 0 atom stereocenters. The van der Waals surface area contributed by atoms with Crippen LogP contribution in [0.25, 0.3) is 0 Å². The maximum atomic E-state index is 13.9. The third-order valence-corrected chi connectivity index (χ3v) is 5.39. The van der Waals surface area contributed by atoms with Gasteiger partial charge in [0.05, 0.1) is 6.42 Å². The summed E-state index contributed by atoms with van der Waals surface area (Å²) in [6.45, 7) is 4.34. The van der Waals surface area contributed by atoms with Gasteiger partial charge in [0.15, 0.2) is 0 Å². The molecule has 0 aliphatic carbocycles. The number of benzene rings is 1. The van der Waals surface area contributed by atoms with Crippen LogP contribution in [-0.4, -0.2) is 38.7 Å². The molecule has 0 bridgehead atoms. The lowest BCUT2D eigenvalue weighted by Crippen LogP contribution is -2.39. The number of nitrogens with zero attached hydrogens (tertiary/aromatic N) is 4. The summed E-state index contributed by atoms with van der Waals surface area (Å²) in [5, 5.41) is 8.67. The van der Waals surface area contributed by atoms with Gasteiger partial charge < -0.3 is 9.47 Å². The molecule has 1 aromatic heterocycles. The van der Waals surface area contributed by atoms with Gasteiger partial charge in [-0.3, -0.25) is 4.79 Å². The van der Waals surface area contributed by atoms with Crippen molar-refractivity contribution in [2.45, 2.75) is 51.5 Å². The largest absolute Gasteiger partial charge is 0.342 e. The monoisotopic (exact) mass is 342 g/mol. The first-order valence-electron chi connectivity index (χ1n) is 9.06. The Bertz CT molecular complexity index is 793. The van der Waals surface area contributed by atoms with Crippen LogP contribution in [0.4, 0.5) is 4.39 Å². The minimum absolute atomic E-state index is 0.00872. The van der Waals surface area contributed by atoms with Crippen molar-refractivity contribution in [3.8, 4) is 0 Å². The number of carbonyl (C=O) groups excluding carboxylic acids is 1. The van der Waals surface area contributed by atoms with Crippen molar-refractivity contribution in [2.24, 2.45) is 0 Å². The Balaban J connectivity index is 1.38. The number of rotatable bonds is 3. The van der Waals surface area contributed by atoms with Gasteiger partial charge in [0.25, 0.3) is 0 Å². The van der Waals surface area contributed by atoms with E-state index >= 15 is 0 Å². The lowest BCUT2D eigenvalue weighted by Gasteiger charge is -2.31. The number of fused-ring (bicyclic) bond motifs is 1. The minimum Gasteiger partial charge on any atom is -0.342 e. The Kier molecular flexibility index (Phi) is 4.27. The zero-order chi connectivity index (χ0) is 17.4. The third kappa shape index (κ3) is 3.17. The molecule has 132 valence electrons. The molecule has 3 heterocycles. The van der Waals surface area contributed by atoms with Gasteiger partial charge >= 0.3 is 0 Å². The van der Waals surface area contributed by atoms with Crippen molar-refractivity contribution in [3.63, 3.8) is 0 Å².